The molecule has 0 amide bonds. The van der Waals surface area contributed by atoms with Crippen LogP contribution in [0.1, 0.15) is 26.7 Å². The SMILES string of the molecule is CCC(C)N(C)C1COCCC1O. The summed E-state index contributed by atoms with van der Waals surface area (Å²) in [7, 11) is 2.07. The number of nitrogens with zero attached hydrogens (tertiary/aromatic N) is 1. The highest BCUT2D eigenvalue weighted by Crippen LogP contribution is 2.16. The summed E-state index contributed by atoms with van der Waals surface area (Å²) in [4.78, 5) is 2.23. The van der Waals surface area contributed by atoms with Crippen LogP contribution in [0.2, 0.25) is 0 Å². The van der Waals surface area contributed by atoms with Crippen molar-refractivity contribution in [1.82, 2.24) is 4.90 Å². The van der Waals surface area contributed by atoms with Crippen LogP contribution in [-0.4, -0.2) is 48.5 Å². The maximum Gasteiger partial charge on any atom is 0.0739 e. The Hall–Kier alpha value is -0.120. The summed E-state index contributed by atoms with van der Waals surface area (Å²) in [6.45, 7) is 5.71. The van der Waals surface area contributed by atoms with Gasteiger partial charge in [-0.2, -0.15) is 0 Å². The molecule has 1 rings (SSSR count). The molecular weight excluding hydrogens is 166 g/mol. The van der Waals surface area contributed by atoms with Crippen LogP contribution < -0.4 is 0 Å². The molecule has 1 N–H and O–H groups in total. The van der Waals surface area contributed by atoms with Crippen molar-refractivity contribution in [2.75, 3.05) is 20.3 Å². The molecule has 3 nitrogen and oxygen atoms in total. The van der Waals surface area contributed by atoms with Gasteiger partial charge in [0.2, 0.25) is 0 Å². The van der Waals surface area contributed by atoms with Crippen LogP contribution in [0, 0.1) is 0 Å². The van der Waals surface area contributed by atoms with E-state index in [1.807, 2.05) is 0 Å². The second kappa shape index (κ2) is 4.94. The van der Waals surface area contributed by atoms with Gasteiger partial charge < -0.3 is 9.84 Å². The van der Waals surface area contributed by atoms with Crippen molar-refractivity contribution in [3.8, 4) is 0 Å². The van der Waals surface area contributed by atoms with Crippen molar-refractivity contribution in [2.45, 2.75) is 44.9 Å². The lowest BCUT2D eigenvalue weighted by molar-refractivity contribution is -0.0635. The summed E-state index contributed by atoms with van der Waals surface area (Å²) in [5.41, 5.74) is 0. The third-order valence-electron chi connectivity index (χ3n) is 3.10. The van der Waals surface area contributed by atoms with Crippen LogP contribution in [0.25, 0.3) is 0 Å². The normalized spacial score (nSPS) is 32.1. The summed E-state index contributed by atoms with van der Waals surface area (Å²) < 4.78 is 5.37. The molecular formula is C10H21NO2. The van der Waals surface area contributed by atoms with Gasteiger partial charge >= 0.3 is 0 Å². The fraction of sp³-hybridized carbons (Fsp3) is 1.00. The molecule has 3 heteroatoms. The van der Waals surface area contributed by atoms with E-state index in [0.717, 1.165) is 12.8 Å². The largest absolute Gasteiger partial charge is 0.391 e. The first kappa shape index (κ1) is 11.0. The third-order valence-corrected chi connectivity index (χ3v) is 3.10. The smallest absolute Gasteiger partial charge is 0.0739 e. The Morgan fingerprint density at radius 3 is 2.85 bits per heavy atom. The van der Waals surface area contributed by atoms with Gasteiger partial charge in [0.15, 0.2) is 0 Å². The van der Waals surface area contributed by atoms with E-state index in [9.17, 15) is 5.11 Å². The topological polar surface area (TPSA) is 32.7 Å². The van der Waals surface area contributed by atoms with Gasteiger partial charge in [-0.1, -0.05) is 6.92 Å². The summed E-state index contributed by atoms with van der Waals surface area (Å²) in [6, 6.07) is 0.699. The lowest BCUT2D eigenvalue weighted by Gasteiger charge is -2.38. The van der Waals surface area contributed by atoms with Crippen LogP contribution >= 0.6 is 0 Å². The Bertz CT molecular complexity index is 152. The van der Waals surface area contributed by atoms with Crippen molar-refractivity contribution in [3.05, 3.63) is 0 Å². The van der Waals surface area contributed by atoms with Crippen LogP contribution in [-0.2, 0) is 4.74 Å². The van der Waals surface area contributed by atoms with Gasteiger partial charge in [-0.15, -0.1) is 0 Å². The molecule has 0 aromatic carbocycles. The minimum atomic E-state index is -0.215. The van der Waals surface area contributed by atoms with E-state index in [0.29, 0.717) is 19.3 Å². The number of ether oxygens (including phenoxy) is 1. The van der Waals surface area contributed by atoms with Gasteiger partial charge in [-0.05, 0) is 26.8 Å². The van der Waals surface area contributed by atoms with Crippen molar-refractivity contribution in [2.24, 2.45) is 0 Å². The highest BCUT2D eigenvalue weighted by Gasteiger charge is 2.28. The second-order valence-corrected chi connectivity index (χ2v) is 3.92. The molecule has 0 spiro atoms. The summed E-state index contributed by atoms with van der Waals surface area (Å²) in [6.07, 6.45) is 1.67. The van der Waals surface area contributed by atoms with Gasteiger partial charge in [0.25, 0.3) is 0 Å². The average Bonchev–Trinajstić information content (AvgIpc) is 2.16. The van der Waals surface area contributed by atoms with Crippen molar-refractivity contribution in [3.63, 3.8) is 0 Å². The van der Waals surface area contributed by atoms with Crippen LogP contribution in [0.4, 0.5) is 0 Å². The van der Waals surface area contributed by atoms with Gasteiger partial charge in [0, 0.05) is 12.6 Å². The van der Waals surface area contributed by atoms with Gasteiger partial charge in [-0.25, -0.2) is 0 Å². The third kappa shape index (κ3) is 2.66. The molecule has 0 bridgehead atoms. The van der Waals surface area contributed by atoms with Gasteiger partial charge in [-0.3, -0.25) is 4.90 Å². The summed E-state index contributed by atoms with van der Waals surface area (Å²) >= 11 is 0. The molecule has 1 heterocycles. The predicted molar refractivity (Wildman–Crippen MR) is 52.7 cm³/mol. The Balaban J connectivity index is 2.47. The lowest BCUT2D eigenvalue weighted by atomic mass is 10.0. The Kier molecular flexibility index (Phi) is 4.16. The highest BCUT2D eigenvalue weighted by atomic mass is 16.5. The average molecular weight is 187 g/mol. The molecule has 0 radical (unpaired) electrons. The maximum absolute atomic E-state index is 9.76. The highest BCUT2D eigenvalue weighted by molar-refractivity contribution is 4.82. The molecule has 1 fully saturated rings. The number of aliphatic hydroxyl groups is 1. The second-order valence-electron chi connectivity index (χ2n) is 3.92. The summed E-state index contributed by atoms with van der Waals surface area (Å²) in [5.74, 6) is 0. The number of aliphatic hydroxyl groups excluding tert-OH is 1. The van der Waals surface area contributed by atoms with E-state index in [-0.39, 0.29) is 12.1 Å². The molecule has 3 unspecified atom stereocenters. The maximum atomic E-state index is 9.76. The molecule has 13 heavy (non-hydrogen) atoms. The molecule has 3 atom stereocenters. The van der Waals surface area contributed by atoms with Crippen LogP contribution in [0.5, 0.6) is 0 Å². The zero-order valence-electron chi connectivity index (χ0n) is 8.86. The zero-order chi connectivity index (χ0) is 9.84. The fourth-order valence-corrected chi connectivity index (χ4v) is 1.72. The van der Waals surface area contributed by atoms with E-state index in [1.54, 1.807) is 0 Å². The molecule has 78 valence electrons. The van der Waals surface area contributed by atoms with E-state index in [4.69, 9.17) is 4.74 Å². The Morgan fingerprint density at radius 1 is 1.62 bits per heavy atom. The van der Waals surface area contributed by atoms with E-state index in [1.165, 1.54) is 0 Å². The van der Waals surface area contributed by atoms with E-state index < -0.39 is 0 Å². The van der Waals surface area contributed by atoms with E-state index in [2.05, 4.69) is 25.8 Å². The summed E-state index contributed by atoms with van der Waals surface area (Å²) in [5, 5.41) is 9.76. The number of likely N-dealkylation sites (N-methyl/N-ethyl adjacent to an activating group) is 1. The lowest BCUT2D eigenvalue weighted by Crippen LogP contribution is -2.51. The molecule has 1 aliphatic rings. The Labute approximate surface area is 80.7 Å². The van der Waals surface area contributed by atoms with Crippen molar-refractivity contribution in [1.29, 1.82) is 0 Å². The monoisotopic (exact) mass is 187 g/mol. The first-order valence-corrected chi connectivity index (χ1v) is 5.14. The first-order chi connectivity index (χ1) is 6.16. The number of rotatable bonds is 3. The first-order valence-electron chi connectivity index (χ1n) is 5.14. The van der Waals surface area contributed by atoms with Crippen LogP contribution in [0.15, 0.2) is 0 Å². The molecule has 0 aromatic rings. The van der Waals surface area contributed by atoms with Crippen molar-refractivity contribution < 1.29 is 9.84 Å². The van der Waals surface area contributed by atoms with E-state index >= 15 is 0 Å². The Morgan fingerprint density at radius 2 is 2.31 bits per heavy atom. The molecule has 0 aromatic heterocycles. The minimum Gasteiger partial charge on any atom is -0.391 e. The van der Waals surface area contributed by atoms with Gasteiger partial charge in [0.05, 0.1) is 18.8 Å². The van der Waals surface area contributed by atoms with Crippen LogP contribution in [0.3, 0.4) is 0 Å². The molecule has 0 aliphatic carbocycles. The standard InChI is InChI=1S/C10H21NO2/c1-4-8(2)11(3)9-7-13-6-5-10(9)12/h8-10,12H,4-7H2,1-3H3. The number of hydrogen-bond acceptors (Lipinski definition) is 3. The van der Waals surface area contributed by atoms with Gasteiger partial charge in [0.1, 0.15) is 0 Å². The molecule has 0 saturated carbocycles. The zero-order valence-corrected chi connectivity index (χ0v) is 8.86. The molecule has 1 aliphatic heterocycles. The fourth-order valence-electron chi connectivity index (χ4n) is 1.72. The minimum absolute atomic E-state index is 0.184. The number of hydrogen-bond donors (Lipinski definition) is 1. The molecule has 1 saturated heterocycles. The quantitative estimate of drug-likeness (QED) is 0.711. The van der Waals surface area contributed by atoms with Crippen molar-refractivity contribution >= 4 is 0 Å². The predicted octanol–water partition coefficient (Wildman–Crippen LogP) is 0.866.